The first-order valence-electron chi connectivity index (χ1n) is 3.52. The van der Waals surface area contributed by atoms with Crippen LogP contribution in [0.25, 0.3) is 0 Å². The van der Waals surface area contributed by atoms with E-state index in [2.05, 4.69) is 0 Å². The maximum atomic E-state index is 11.2. The maximum absolute atomic E-state index is 11.2. The van der Waals surface area contributed by atoms with E-state index in [1.807, 2.05) is 0 Å². The van der Waals surface area contributed by atoms with E-state index in [1.165, 1.54) is 11.3 Å². The molecule has 4 heteroatoms. The van der Waals surface area contributed by atoms with E-state index in [1.54, 1.807) is 6.07 Å². The van der Waals surface area contributed by atoms with Gasteiger partial charge in [0.25, 0.3) is 0 Å². The number of rotatable bonds is 1. The van der Waals surface area contributed by atoms with Crippen molar-refractivity contribution in [3.63, 3.8) is 0 Å². The number of aliphatic hydroxyl groups excluding tert-OH is 1. The third kappa shape index (κ3) is 0.922. The predicted octanol–water partition coefficient (Wildman–Crippen LogP) is 0.660. The van der Waals surface area contributed by atoms with Gasteiger partial charge in [0, 0.05) is 16.9 Å². The smallest absolute Gasteiger partial charge is 0.192 e. The third-order valence-corrected chi connectivity index (χ3v) is 2.97. The van der Waals surface area contributed by atoms with Crippen LogP contribution in [-0.4, -0.2) is 23.3 Å². The van der Waals surface area contributed by atoms with E-state index < -0.39 is 6.10 Å². The topological polar surface area (TPSA) is 54.4 Å². The Bertz CT molecular complexity index is 353. The Labute approximate surface area is 72.6 Å². The van der Waals surface area contributed by atoms with Crippen LogP contribution in [0.2, 0.25) is 0 Å². The van der Waals surface area contributed by atoms with Gasteiger partial charge in [0.1, 0.15) is 6.10 Å². The molecule has 0 saturated carbocycles. The van der Waals surface area contributed by atoms with E-state index in [4.69, 9.17) is 5.11 Å². The normalized spacial score (nSPS) is 21.1. The number of carbonyl (C=O) groups is 2. The first kappa shape index (κ1) is 7.64. The van der Waals surface area contributed by atoms with Gasteiger partial charge >= 0.3 is 0 Å². The highest BCUT2D eigenvalue weighted by atomic mass is 32.1. The number of aliphatic hydroxyl groups is 1. The van der Waals surface area contributed by atoms with E-state index in [9.17, 15) is 9.59 Å². The lowest BCUT2D eigenvalue weighted by Crippen LogP contribution is -2.14. The van der Waals surface area contributed by atoms with Gasteiger partial charge < -0.3 is 5.11 Å². The second-order valence-corrected chi connectivity index (χ2v) is 3.86. The van der Waals surface area contributed by atoms with Crippen LogP contribution in [0.3, 0.4) is 0 Å². The van der Waals surface area contributed by atoms with Gasteiger partial charge in [0.05, 0.1) is 4.88 Å². The fraction of sp³-hybridized carbons (Fsp3) is 0.250. The fourth-order valence-electron chi connectivity index (χ4n) is 1.32. The zero-order chi connectivity index (χ0) is 8.72. The number of hydrogen-bond donors (Lipinski definition) is 1. The summed E-state index contributed by atoms with van der Waals surface area (Å²) in [5.41, 5.74) is 0.523. The summed E-state index contributed by atoms with van der Waals surface area (Å²) in [7, 11) is 0. The molecule has 0 radical (unpaired) electrons. The molecule has 2 rings (SSSR count). The lowest BCUT2D eigenvalue weighted by atomic mass is 10.2. The summed E-state index contributed by atoms with van der Waals surface area (Å²) in [4.78, 5) is 22.9. The number of Topliss-reactive ketones (excluding diaryl/α,β-unsaturated/α-hetero) is 1. The molecule has 0 saturated heterocycles. The molecule has 1 atom stereocenters. The van der Waals surface area contributed by atoms with Crippen molar-refractivity contribution in [2.45, 2.75) is 12.5 Å². The van der Waals surface area contributed by atoms with Crippen molar-refractivity contribution in [3.8, 4) is 0 Å². The Morgan fingerprint density at radius 3 is 3.00 bits per heavy atom. The minimum absolute atomic E-state index is 0.255. The van der Waals surface area contributed by atoms with Crippen LogP contribution in [-0.2, 0) is 6.42 Å². The first-order chi connectivity index (χ1) is 5.72. The molecule has 62 valence electrons. The van der Waals surface area contributed by atoms with Gasteiger partial charge in [-0.2, -0.15) is 0 Å². The van der Waals surface area contributed by atoms with Gasteiger partial charge in [-0.15, -0.1) is 11.3 Å². The van der Waals surface area contributed by atoms with Gasteiger partial charge in [-0.3, -0.25) is 9.59 Å². The highest BCUT2D eigenvalue weighted by Crippen LogP contribution is 2.29. The van der Waals surface area contributed by atoms with Crippen LogP contribution >= 0.6 is 11.3 Å². The first-order valence-corrected chi connectivity index (χ1v) is 4.34. The zero-order valence-corrected chi connectivity index (χ0v) is 6.93. The molecular formula is C8H6O3S. The average Bonchev–Trinajstić information content (AvgIpc) is 2.55. The minimum atomic E-state index is -0.882. The van der Waals surface area contributed by atoms with Crippen molar-refractivity contribution < 1.29 is 14.7 Å². The SMILES string of the molecule is O=Cc1cc2c(s1)CC(O)C2=O. The molecule has 0 spiro atoms. The minimum Gasteiger partial charge on any atom is -0.385 e. The molecular weight excluding hydrogens is 176 g/mol. The maximum Gasteiger partial charge on any atom is 0.192 e. The molecule has 1 unspecified atom stereocenters. The van der Waals surface area contributed by atoms with Crippen molar-refractivity contribution in [2.75, 3.05) is 0 Å². The number of aldehydes is 1. The highest BCUT2D eigenvalue weighted by molar-refractivity contribution is 7.14. The largest absolute Gasteiger partial charge is 0.385 e. The molecule has 0 aliphatic heterocycles. The Morgan fingerprint density at radius 2 is 2.42 bits per heavy atom. The van der Waals surface area contributed by atoms with Crippen molar-refractivity contribution in [1.82, 2.24) is 0 Å². The second kappa shape index (κ2) is 2.50. The monoisotopic (exact) mass is 182 g/mol. The molecule has 0 amide bonds. The Morgan fingerprint density at radius 1 is 1.67 bits per heavy atom. The highest BCUT2D eigenvalue weighted by Gasteiger charge is 2.30. The van der Waals surface area contributed by atoms with Gasteiger partial charge in [-0.25, -0.2) is 0 Å². The zero-order valence-electron chi connectivity index (χ0n) is 6.11. The van der Waals surface area contributed by atoms with Crippen LogP contribution in [0, 0.1) is 0 Å². The summed E-state index contributed by atoms with van der Waals surface area (Å²) >= 11 is 1.28. The average molecular weight is 182 g/mol. The van der Waals surface area contributed by atoms with Crippen LogP contribution < -0.4 is 0 Å². The molecule has 1 aromatic rings. The quantitative estimate of drug-likeness (QED) is 0.649. The summed E-state index contributed by atoms with van der Waals surface area (Å²) in [6.07, 6.45) is 0.210. The number of ketones is 1. The molecule has 3 nitrogen and oxygen atoms in total. The lowest BCUT2D eigenvalue weighted by molar-refractivity contribution is 0.0780. The molecule has 1 N–H and O–H groups in total. The summed E-state index contributed by atoms with van der Waals surface area (Å²) < 4.78 is 0. The van der Waals surface area contributed by atoms with E-state index >= 15 is 0 Å². The number of hydrogen-bond acceptors (Lipinski definition) is 4. The van der Waals surface area contributed by atoms with Crippen LogP contribution in [0.15, 0.2) is 6.07 Å². The Hall–Kier alpha value is -1.00. The molecule has 0 fully saturated rings. The van der Waals surface area contributed by atoms with E-state index in [0.717, 1.165) is 11.2 Å². The van der Waals surface area contributed by atoms with Crippen molar-refractivity contribution in [1.29, 1.82) is 0 Å². The molecule has 1 aromatic heterocycles. The number of fused-ring (bicyclic) bond motifs is 1. The second-order valence-electron chi connectivity index (χ2n) is 2.69. The Balaban J connectivity index is 2.49. The van der Waals surface area contributed by atoms with Gasteiger partial charge in [-0.05, 0) is 6.07 Å². The van der Waals surface area contributed by atoms with Crippen LogP contribution in [0.1, 0.15) is 24.9 Å². The molecule has 0 aromatic carbocycles. The number of thiophene rings is 1. The van der Waals surface area contributed by atoms with Gasteiger partial charge in [0.15, 0.2) is 12.1 Å². The molecule has 1 aliphatic carbocycles. The number of carbonyl (C=O) groups excluding carboxylic acids is 2. The van der Waals surface area contributed by atoms with Crippen molar-refractivity contribution >= 4 is 23.4 Å². The molecule has 1 heterocycles. The summed E-state index contributed by atoms with van der Waals surface area (Å²) in [6.45, 7) is 0. The van der Waals surface area contributed by atoms with E-state index in [-0.39, 0.29) is 5.78 Å². The van der Waals surface area contributed by atoms with Crippen LogP contribution in [0.5, 0.6) is 0 Å². The van der Waals surface area contributed by atoms with Crippen molar-refractivity contribution in [3.05, 3.63) is 21.4 Å². The summed E-state index contributed by atoms with van der Waals surface area (Å²) in [5, 5.41) is 9.14. The van der Waals surface area contributed by atoms with Gasteiger partial charge in [-0.1, -0.05) is 0 Å². The third-order valence-electron chi connectivity index (χ3n) is 1.89. The standard InChI is InChI=1S/C8H6O3S/c9-3-4-1-5-7(12-4)2-6(10)8(5)11/h1,3,6,10H,2H2. The molecule has 0 bridgehead atoms. The summed E-state index contributed by atoms with van der Waals surface area (Å²) in [5.74, 6) is -0.255. The predicted molar refractivity (Wildman–Crippen MR) is 43.7 cm³/mol. The van der Waals surface area contributed by atoms with Crippen molar-refractivity contribution in [2.24, 2.45) is 0 Å². The lowest BCUT2D eigenvalue weighted by Gasteiger charge is -1.94. The summed E-state index contributed by atoms with van der Waals surface area (Å²) in [6, 6.07) is 1.55. The van der Waals surface area contributed by atoms with Gasteiger partial charge in [0.2, 0.25) is 0 Å². The van der Waals surface area contributed by atoms with Crippen LogP contribution in [0.4, 0.5) is 0 Å². The fourth-order valence-corrected chi connectivity index (χ4v) is 2.34. The van der Waals surface area contributed by atoms with E-state index in [0.29, 0.717) is 16.9 Å². The molecule has 1 aliphatic rings. The molecule has 12 heavy (non-hydrogen) atoms. The Kier molecular flexibility index (Phi) is 1.59.